The molecule has 0 fully saturated rings. The van der Waals surface area contributed by atoms with Gasteiger partial charge in [0.15, 0.2) is 0 Å². The zero-order chi connectivity index (χ0) is 31.6. The predicted octanol–water partition coefficient (Wildman–Crippen LogP) is 9.54. The topological polar surface area (TPSA) is 122 Å². The number of aromatic nitrogens is 6. The molecule has 47 heavy (non-hydrogen) atoms. The maximum absolute atomic E-state index is 9.07. The molecule has 9 nitrogen and oxygen atoms in total. The summed E-state index contributed by atoms with van der Waals surface area (Å²) in [5.41, 5.74) is 3.07. The first-order valence-electron chi connectivity index (χ1n) is 14.5. The van der Waals surface area contributed by atoms with Crippen molar-refractivity contribution in [3.05, 3.63) is 126 Å². The Balaban J connectivity index is 0.000000139. The minimum Gasteiger partial charge on any atom is -0.438 e. The monoisotopic (exact) mass is 647 g/mol. The lowest BCUT2D eigenvalue weighted by atomic mass is 10.1. The van der Waals surface area contributed by atoms with Crippen LogP contribution in [0.4, 0.5) is 0 Å². The van der Waals surface area contributed by atoms with Gasteiger partial charge in [0, 0.05) is 25.7 Å². The number of tetrazole rings is 1. The summed E-state index contributed by atoms with van der Waals surface area (Å²) in [5.74, 6) is 3.22. The molecule has 0 amide bonds. The van der Waals surface area contributed by atoms with Crippen LogP contribution in [0.5, 0.6) is 23.3 Å². The molecule has 9 aromatic rings. The Morgan fingerprint density at radius 3 is 1.74 bits per heavy atom. The molecule has 0 bridgehead atoms. The number of H-pyrrole nitrogens is 1. The number of rotatable bonds is 5. The highest BCUT2D eigenvalue weighted by Crippen LogP contribution is 2.38. The maximum atomic E-state index is 9.07. The lowest BCUT2D eigenvalue weighted by Gasteiger charge is -2.08. The number of benzene rings is 4. The number of hydrogen-bond acceptors (Lipinski definition) is 10. The zero-order valence-electron chi connectivity index (χ0n) is 24.4. The van der Waals surface area contributed by atoms with Crippen LogP contribution in [0.25, 0.3) is 53.4 Å². The minimum absolute atomic E-state index is 0.542. The first-order valence-corrected chi connectivity index (χ1v) is 16.2. The molecule has 0 radical (unpaired) electrons. The van der Waals surface area contributed by atoms with E-state index in [2.05, 4.69) is 37.1 Å². The van der Waals surface area contributed by atoms with Crippen LogP contribution in [-0.2, 0) is 0 Å². The van der Waals surface area contributed by atoms with E-state index in [1.165, 1.54) is 0 Å². The summed E-state index contributed by atoms with van der Waals surface area (Å²) < 4.78 is 14.3. The lowest BCUT2D eigenvalue weighted by Crippen LogP contribution is -1.91. The maximum Gasteiger partial charge on any atom is 0.228 e. The molecule has 0 aliphatic rings. The summed E-state index contributed by atoms with van der Waals surface area (Å²) in [6.45, 7) is 0. The molecule has 0 aliphatic carbocycles. The van der Waals surface area contributed by atoms with Gasteiger partial charge in [-0.3, -0.25) is 0 Å². The van der Waals surface area contributed by atoms with Crippen molar-refractivity contribution in [2.75, 3.05) is 0 Å². The summed E-state index contributed by atoms with van der Waals surface area (Å²) in [6, 6.07) is 37.0. The largest absolute Gasteiger partial charge is 0.438 e. The van der Waals surface area contributed by atoms with Gasteiger partial charge in [-0.25, -0.2) is 9.97 Å². The van der Waals surface area contributed by atoms with Gasteiger partial charge in [-0.1, -0.05) is 54.6 Å². The second-order valence-electron chi connectivity index (χ2n) is 10.3. The van der Waals surface area contributed by atoms with Gasteiger partial charge in [-0.15, -0.1) is 32.9 Å². The molecule has 5 aromatic heterocycles. The molecule has 4 aromatic carbocycles. The van der Waals surface area contributed by atoms with Crippen LogP contribution in [-0.4, -0.2) is 30.6 Å². The average molecular weight is 648 g/mol. The van der Waals surface area contributed by atoms with Crippen molar-refractivity contribution in [3.63, 3.8) is 0 Å². The van der Waals surface area contributed by atoms with E-state index >= 15 is 0 Å². The fourth-order valence-electron chi connectivity index (χ4n) is 5.19. The number of nitrogens with one attached hydrogen (secondary N) is 1. The molecule has 0 saturated carbocycles. The van der Waals surface area contributed by atoms with Crippen LogP contribution in [0, 0.1) is 11.3 Å². The SMILES string of the molecule is N#Cc1ccc2c(c1)nc(Oc1ccccc1)c1ccsc12.c1ccc(Oc2nc3cc(-c4nn[nH]n4)ccc3c3sccc23)cc1. The van der Waals surface area contributed by atoms with E-state index in [9.17, 15) is 0 Å². The second-order valence-corrected chi connectivity index (χ2v) is 12.1. The number of para-hydroxylation sites is 2. The molecule has 0 saturated heterocycles. The smallest absolute Gasteiger partial charge is 0.228 e. The van der Waals surface area contributed by atoms with Gasteiger partial charge in [0.05, 0.1) is 33.4 Å². The van der Waals surface area contributed by atoms with Crippen molar-refractivity contribution in [1.82, 2.24) is 30.6 Å². The summed E-state index contributed by atoms with van der Waals surface area (Å²) in [6.07, 6.45) is 0. The van der Waals surface area contributed by atoms with Gasteiger partial charge in [-0.2, -0.15) is 10.5 Å². The molecule has 5 heterocycles. The molecule has 0 aliphatic heterocycles. The number of nitrogens with zero attached hydrogens (tertiary/aromatic N) is 6. The number of ether oxygens (including phenoxy) is 2. The van der Waals surface area contributed by atoms with Gasteiger partial charge < -0.3 is 9.47 Å². The fraction of sp³-hybridized carbons (Fsp3) is 0. The number of hydrogen-bond donors (Lipinski definition) is 1. The lowest BCUT2D eigenvalue weighted by molar-refractivity contribution is 0.471. The van der Waals surface area contributed by atoms with Crippen LogP contribution >= 0.6 is 22.7 Å². The van der Waals surface area contributed by atoms with Gasteiger partial charge in [0.1, 0.15) is 11.5 Å². The predicted molar refractivity (Wildman–Crippen MR) is 185 cm³/mol. The summed E-state index contributed by atoms with van der Waals surface area (Å²) in [4.78, 5) is 9.35. The molecule has 9 rings (SSSR count). The van der Waals surface area contributed by atoms with E-state index in [4.69, 9.17) is 19.7 Å². The highest BCUT2D eigenvalue weighted by molar-refractivity contribution is 7.18. The Morgan fingerprint density at radius 1 is 0.617 bits per heavy atom. The number of fused-ring (bicyclic) bond motifs is 6. The summed E-state index contributed by atoms with van der Waals surface area (Å²) in [7, 11) is 0. The Labute approximate surface area is 275 Å². The third-order valence-corrected chi connectivity index (χ3v) is 9.26. The summed E-state index contributed by atoms with van der Waals surface area (Å²) in [5, 5.41) is 31.4. The number of nitriles is 1. The van der Waals surface area contributed by atoms with Crippen molar-refractivity contribution < 1.29 is 9.47 Å². The van der Waals surface area contributed by atoms with Crippen LogP contribution in [0.3, 0.4) is 0 Å². The van der Waals surface area contributed by atoms with Crippen LogP contribution in [0.15, 0.2) is 120 Å². The third kappa shape index (κ3) is 5.59. The molecule has 11 heteroatoms. The standard InChI is InChI=1S/C18H11N5OS.C18H10N2OS/c1-2-4-12(5-3-1)24-18-14-8-9-25-16(14)13-7-6-11(10-15(13)19-18)17-20-22-23-21-17;19-11-12-6-7-14-16(10-12)20-18(15-8-9-22-17(14)15)21-13-4-2-1-3-5-13/h1-10H,(H,20,21,22,23);1-10H. The molecule has 0 spiro atoms. The van der Waals surface area contributed by atoms with Gasteiger partial charge in [0.25, 0.3) is 0 Å². The van der Waals surface area contributed by atoms with Gasteiger partial charge >= 0.3 is 0 Å². The van der Waals surface area contributed by atoms with E-state index in [1.54, 1.807) is 28.7 Å². The Hall–Kier alpha value is -6.22. The van der Waals surface area contributed by atoms with E-state index in [0.717, 1.165) is 59.0 Å². The fourth-order valence-corrected chi connectivity index (χ4v) is 7.04. The molecule has 0 atom stereocenters. The quantitative estimate of drug-likeness (QED) is 0.196. The van der Waals surface area contributed by atoms with Crippen molar-refractivity contribution in [2.24, 2.45) is 0 Å². The second kappa shape index (κ2) is 12.3. The number of thiophene rings is 2. The van der Waals surface area contributed by atoms with Crippen LogP contribution in [0.1, 0.15) is 5.56 Å². The normalized spacial score (nSPS) is 11.0. The molecular weight excluding hydrogens is 627 g/mol. The third-order valence-electron chi connectivity index (χ3n) is 7.37. The van der Waals surface area contributed by atoms with Crippen LogP contribution < -0.4 is 9.47 Å². The minimum atomic E-state index is 0.542. The zero-order valence-corrected chi connectivity index (χ0v) is 26.0. The van der Waals surface area contributed by atoms with E-state index in [1.807, 2.05) is 109 Å². The average Bonchev–Trinajstić information content (AvgIpc) is 3.92. The summed E-state index contributed by atoms with van der Waals surface area (Å²) >= 11 is 3.33. The molecule has 0 unspecified atom stereocenters. The Bertz CT molecular complexity index is 2540. The van der Waals surface area contributed by atoms with E-state index in [-0.39, 0.29) is 0 Å². The molecule has 224 valence electrons. The Morgan fingerprint density at radius 2 is 1.19 bits per heavy atom. The van der Waals surface area contributed by atoms with Gasteiger partial charge in [0.2, 0.25) is 17.6 Å². The van der Waals surface area contributed by atoms with E-state index in [0.29, 0.717) is 23.1 Å². The van der Waals surface area contributed by atoms with E-state index < -0.39 is 0 Å². The first-order chi connectivity index (χ1) is 23.2. The van der Waals surface area contributed by atoms with Crippen LogP contribution in [0.2, 0.25) is 0 Å². The highest BCUT2D eigenvalue weighted by Gasteiger charge is 2.14. The first kappa shape index (κ1) is 28.3. The molecular formula is C36H21N7O2S2. The van der Waals surface area contributed by atoms with Crippen molar-refractivity contribution >= 4 is 64.7 Å². The number of pyridine rings is 2. The highest BCUT2D eigenvalue weighted by atomic mass is 32.1. The van der Waals surface area contributed by atoms with Crippen molar-refractivity contribution in [3.8, 4) is 40.7 Å². The molecule has 1 N–H and O–H groups in total. The Kier molecular flexibility index (Phi) is 7.39. The van der Waals surface area contributed by atoms with Gasteiger partial charge in [-0.05, 0) is 70.6 Å². The number of aromatic amines is 1. The van der Waals surface area contributed by atoms with Crippen molar-refractivity contribution in [2.45, 2.75) is 0 Å². The van der Waals surface area contributed by atoms with Crippen molar-refractivity contribution in [1.29, 1.82) is 5.26 Å².